The molecule has 0 unspecified atom stereocenters. The fraction of sp³-hybridized carbons (Fsp3) is 0.619. The molecule has 4 aliphatic rings. The smallest absolute Gasteiger partial charge is 0.282 e. The van der Waals surface area contributed by atoms with Crippen molar-refractivity contribution in [3.05, 3.63) is 29.8 Å². The first kappa shape index (κ1) is 21.2. The molecule has 1 saturated carbocycles. The first-order valence-corrected chi connectivity index (χ1v) is 12.1. The van der Waals surface area contributed by atoms with E-state index in [0.29, 0.717) is 25.3 Å². The molecule has 3 aliphatic heterocycles. The summed E-state index contributed by atoms with van der Waals surface area (Å²) in [6, 6.07) is 5.65. The van der Waals surface area contributed by atoms with Crippen LogP contribution in [-0.2, 0) is 19.6 Å². The van der Waals surface area contributed by atoms with Gasteiger partial charge in [0, 0.05) is 6.54 Å². The van der Waals surface area contributed by atoms with Crippen molar-refractivity contribution in [2.45, 2.75) is 56.6 Å². The number of para-hydroxylation sites is 1. The molecule has 1 aromatic carbocycles. The monoisotopic (exact) mass is 438 g/mol. The number of benzene rings is 1. The minimum Gasteiger partial charge on any atom is -0.483 e. The molecule has 1 amide bonds. The van der Waals surface area contributed by atoms with E-state index in [1.807, 2.05) is 18.2 Å². The molecule has 5 rings (SSSR count). The van der Waals surface area contributed by atoms with Crippen molar-refractivity contribution in [3.8, 4) is 5.75 Å². The SMILES string of the molecule is O=C1COc2ccccc2C2CCC(CC2)OC[C@H]2/C(=N/S(=O)(=O)CF)CCCN12. The number of carbonyl (C=O) groups is 1. The van der Waals surface area contributed by atoms with Gasteiger partial charge < -0.3 is 14.4 Å². The summed E-state index contributed by atoms with van der Waals surface area (Å²) in [6.45, 7) is 0.474. The third-order valence-corrected chi connectivity index (χ3v) is 6.97. The number of hydrogen-bond acceptors (Lipinski definition) is 5. The van der Waals surface area contributed by atoms with Gasteiger partial charge in [-0.25, -0.2) is 12.8 Å². The standard InChI is InChI=1S/C21H27FN2O5S/c22-14-30(26,27)23-18-5-3-11-24-19(18)12-28-16-9-7-15(8-10-16)17-4-1-2-6-20(17)29-13-21(24)25/h1-2,4,6,15-16,19H,3,5,7-14H2/b23-18+/t15?,16?,19-/m0/s1. The van der Waals surface area contributed by atoms with Crippen LogP contribution < -0.4 is 4.74 Å². The Kier molecular flexibility index (Phi) is 6.38. The number of alkyl halides is 1. The van der Waals surface area contributed by atoms with Crippen molar-refractivity contribution >= 4 is 21.6 Å². The summed E-state index contributed by atoms with van der Waals surface area (Å²) in [6.07, 6.45) is 4.70. The Hall–Kier alpha value is -2.00. The van der Waals surface area contributed by atoms with Gasteiger partial charge in [0.15, 0.2) is 6.61 Å². The summed E-state index contributed by atoms with van der Waals surface area (Å²) in [5.41, 5.74) is 1.41. The summed E-state index contributed by atoms with van der Waals surface area (Å²) < 4.78 is 52.2. The summed E-state index contributed by atoms with van der Waals surface area (Å²) >= 11 is 0. The molecule has 2 bridgehead atoms. The third-order valence-electron chi connectivity index (χ3n) is 6.18. The predicted molar refractivity (Wildman–Crippen MR) is 110 cm³/mol. The van der Waals surface area contributed by atoms with E-state index in [1.54, 1.807) is 4.90 Å². The van der Waals surface area contributed by atoms with Crippen LogP contribution in [0.4, 0.5) is 4.39 Å². The molecule has 1 atom stereocenters. The van der Waals surface area contributed by atoms with Crippen LogP contribution in [0.1, 0.15) is 50.0 Å². The van der Waals surface area contributed by atoms with Crippen LogP contribution in [0, 0.1) is 0 Å². The zero-order valence-corrected chi connectivity index (χ0v) is 17.7. The fourth-order valence-electron chi connectivity index (χ4n) is 4.67. The second-order valence-electron chi connectivity index (χ2n) is 8.11. The van der Waals surface area contributed by atoms with Crippen molar-refractivity contribution in [2.24, 2.45) is 4.40 Å². The Balaban J connectivity index is 1.65. The van der Waals surface area contributed by atoms with E-state index in [9.17, 15) is 17.6 Å². The van der Waals surface area contributed by atoms with Crippen molar-refractivity contribution in [1.29, 1.82) is 0 Å². The summed E-state index contributed by atoms with van der Waals surface area (Å²) in [4.78, 5) is 14.6. The maximum absolute atomic E-state index is 13.0. The highest BCUT2D eigenvalue weighted by Gasteiger charge is 2.35. The van der Waals surface area contributed by atoms with Crippen LogP contribution in [0.25, 0.3) is 0 Å². The molecule has 164 valence electrons. The van der Waals surface area contributed by atoms with Gasteiger partial charge in [-0.2, -0.15) is 4.40 Å². The largest absolute Gasteiger partial charge is 0.483 e. The molecule has 0 N–H and O–H groups in total. The van der Waals surface area contributed by atoms with Crippen molar-refractivity contribution < 1.29 is 27.1 Å². The highest BCUT2D eigenvalue weighted by Crippen LogP contribution is 2.38. The third kappa shape index (κ3) is 4.67. The molecule has 7 nitrogen and oxygen atoms in total. The van der Waals surface area contributed by atoms with Crippen LogP contribution in [0.2, 0.25) is 0 Å². The number of piperidine rings is 1. The normalized spacial score (nSPS) is 29.2. The molecular formula is C21H27FN2O5S. The lowest BCUT2D eigenvalue weighted by molar-refractivity contribution is -0.136. The molecule has 0 aromatic heterocycles. The van der Waals surface area contributed by atoms with Gasteiger partial charge in [-0.15, -0.1) is 0 Å². The first-order chi connectivity index (χ1) is 14.5. The van der Waals surface area contributed by atoms with Gasteiger partial charge in [-0.05, 0) is 56.1 Å². The second-order valence-corrected chi connectivity index (χ2v) is 9.68. The van der Waals surface area contributed by atoms with Crippen LogP contribution >= 0.6 is 0 Å². The van der Waals surface area contributed by atoms with E-state index < -0.39 is 22.1 Å². The first-order valence-electron chi connectivity index (χ1n) is 10.5. The molecule has 1 aliphatic carbocycles. The Morgan fingerprint density at radius 3 is 2.70 bits per heavy atom. The molecule has 2 fully saturated rings. The average molecular weight is 439 g/mol. The zero-order valence-electron chi connectivity index (χ0n) is 16.8. The molecular weight excluding hydrogens is 411 g/mol. The van der Waals surface area contributed by atoms with Crippen LogP contribution in [0.3, 0.4) is 0 Å². The summed E-state index contributed by atoms with van der Waals surface area (Å²) in [7, 11) is -4.20. The van der Waals surface area contributed by atoms with E-state index in [-0.39, 0.29) is 30.9 Å². The lowest BCUT2D eigenvalue weighted by Crippen LogP contribution is -2.53. The maximum Gasteiger partial charge on any atom is 0.282 e. The van der Waals surface area contributed by atoms with Crippen LogP contribution in [-0.4, -0.2) is 62.8 Å². The van der Waals surface area contributed by atoms with Gasteiger partial charge in [0.05, 0.1) is 24.5 Å². The number of nitrogens with zero attached hydrogens (tertiary/aromatic N) is 2. The van der Waals surface area contributed by atoms with E-state index in [0.717, 1.165) is 37.0 Å². The number of ether oxygens (including phenoxy) is 2. The highest BCUT2D eigenvalue weighted by molar-refractivity contribution is 7.90. The van der Waals surface area contributed by atoms with Crippen molar-refractivity contribution in [1.82, 2.24) is 4.90 Å². The summed E-state index contributed by atoms with van der Waals surface area (Å²) in [5, 5.41) is 0. The van der Waals surface area contributed by atoms with E-state index in [2.05, 4.69) is 10.5 Å². The Bertz CT molecular complexity index is 912. The molecule has 1 saturated heterocycles. The molecule has 30 heavy (non-hydrogen) atoms. The van der Waals surface area contributed by atoms with Crippen LogP contribution in [0.15, 0.2) is 28.7 Å². The Morgan fingerprint density at radius 1 is 1.17 bits per heavy atom. The number of sulfonamides is 1. The van der Waals surface area contributed by atoms with Gasteiger partial charge in [-0.1, -0.05) is 18.2 Å². The number of carbonyl (C=O) groups excluding carboxylic acids is 1. The molecule has 0 spiro atoms. The lowest BCUT2D eigenvalue weighted by Gasteiger charge is -2.37. The molecule has 3 heterocycles. The van der Waals surface area contributed by atoms with Gasteiger partial charge in [0.25, 0.3) is 15.9 Å². The van der Waals surface area contributed by atoms with Gasteiger partial charge >= 0.3 is 0 Å². The number of amides is 1. The topological polar surface area (TPSA) is 85.3 Å². The van der Waals surface area contributed by atoms with E-state index >= 15 is 0 Å². The lowest BCUT2D eigenvalue weighted by atomic mass is 9.82. The van der Waals surface area contributed by atoms with E-state index in [1.165, 1.54) is 0 Å². The number of hydrogen-bond donors (Lipinski definition) is 0. The van der Waals surface area contributed by atoms with Gasteiger partial charge in [-0.3, -0.25) is 4.79 Å². The van der Waals surface area contributed by atoms with Crippen molar-refractivity contribution in [2.75, 3.05) is 25.8 Å². The number of rotatable bonds is 2. The van der Waals surface area contributed by atoms with Gasteiger partial charge in [0.1, 0.15) is 5.75 Å². The fourth-order valence-corrected chi connectivity index (χ4v) is 5.29. The molecule has 1 aromatic rings. The number of halogens is 1. The minimum absolute atomic E-state index is 0.0491. The zero-order chi connectivity index (χ0) is 21.1. The predicted octanol–water partition coefficient (Wildman–Crippen LogP) is 2.81. The van der Waals surface area contributed by atoms with Gasteiger partial charge in [0.2, 0.25) is 6.01 Å². The molecule has 0 radical (unpaired) electrons. The van der Waals surface area contributed by atoms with Crippen LogP contribution in [0.5, 0.6) is 5.75 Å². The molecule has 9 heteroatoms. The second kappa shape index (κ2) is 9.01. The minimum atomic E-state index is -4.20. The highest BCUT2D eigenvalue weighted by atomic mass is 32.2. The number of fused-ring (bicyclic) bond motifs is 5. The Morgan fingerprint density at radius 2 is 1.93 bits per heavy atom. The van der Waals surface area contributed by atoms with Crippen molar-refractivity contribution in [3.63, 3.8) is 0 Å². The maximum atomic E-state index is 13.0. The average Bonchev–Trinajstić information content (AvgIpc) is 2.78. The quantitative estimate of drug-likeness (QED) is 0.709. The van der Waals surface area contributed by atoms with E-state index in [4.69, 9.17) is 9.47 Å². The summed E-state index contributed by atoms with van der Waals surface area (Å²) in [5.74, 6) is 0.832. The Labute approximate surface area is 176 Å².